The summed E-state index contributed by atoms with van der Waals surface area (Å²) in [5.74, 6) is -1.15. The molecule has 0 spiro atoms. The summed E-state index contributed by atoms with van der Waals surface area (Å²) in [5, 5.41) is 0. The van der Waals surface area contributed by atoms with Gasteiger partial charge in [0.15, 0.2) is 0 Å². The second-order valence-electron chi connectivity index (χ2n) is 8.03. The lowest BCUT2D eigenvalue weighted by atomic mass is 10.0. The minimum Gasteiger partial charge on any atom is -0.283 e. The number of hydrogen-bond donors (Lipinski definition) is 1. The molecule has 35 heavy (non-hydrogen) atoms. The average Bonchev–Trinajstić information content (AvgIpc) is 2.78. The Morgan fingerprint density at radius 2 is 1.54 bits per heavy atom. The van der Waals surface area contributed by atoms with Crippen molar-refractivity contribution in [3.63, 3.8) is 0 Å². The molecule has 1 aliphatic rings. The molecule has 12 heteroatoms. The number of aryl methyl sites for hydroxylation is 1. The minimum absolute atomic E-state index is 0.0972. The number of sulfonamides is 2. The Morgan fingerprint density at radius 1 is 0.886 bits per heavy atom. The number of halogens is 4. The zero-order valence-corrected chi connectivity index (χ0v) is 19.7. The van der Waals surface area contributed by atoms with E-state index in [-0.39, 0.29) is 22.7 Å². The van der Waals surface area contributed by atoms with E-state index in [4.69, 9.17) is 0 Å². The number of anilines is 2. The SMILES string of the molecule is O=S(=O)(Cc1ccc(C(F)(F)F)cc1)Nc1ccc2c(c1)N(S(=O)(=O)c1ccc(F)cc1)CCC2. The second-order valence-corrected chi connectivity index (χ2v) is 11.6. The topological polar surface area (TPSA) is 83.6 Å². The Morgan fingerprint density at radius 3 is 2.17 bits per heavy atom. The molecule has 0 saturated heterocycles. The summed E-state index contributed by atoms with van der Waals surface area (Å²) in [4.78, 5) is -0.0972. The van der Waals surface area contributed by atoms with Crippen LogP contribution in [0.25, 0.3) is 0 Å². The van der Waals surface area contributed by atoms with Gasteiger partial charge >= 0.3 is 6.18 Å². The van der Waals surface area contributed by atoms with Crippen LogP contribution in [-0.4, -0.2) is 23.4 Å². The molecule has 1 heterocycles. The van der Waals surface area contributed by atoms with Crippen molar-refractivity contribution < 1.29 is 34.4 Å². The van der Waals surface area contributed by atoms with Gasteiger partial charge in [-0.2, -0.15) is 13.2 Å². The third-order valence-corrected chi connectivity index (χ3v) is 8.56. The molecule has 0 bridgehead atoms. The molecule has 1 N–H and O–H groups in total. The first-order valence-electron chi connectivity index (χ1n) is 10.4. The number of nitrogens with one attached hydrogen (secondary N) is 1. The lowest BCUT2D eigenvalue weighted by molar-refractivity contribution is -0.137. The van der Waals surface area contributed by atoms with Crippen molar-refractivity contribution in [2.75, 3.05) is 15.6 Å². The Labute approximate surface area is 200 Å². The maximum Gasteiger partial charge on any atom is 0.416 e. The summed E-state index contributed by atoms with van der Waals surface area (Å²) in [5.41, 5.74) is 0.382. The number of alkyl halides is 3. The summed E-state index contributed by atoms with van der Waals surface area (Å²) >= 11 is 0. The van der Waals surface area contributed by atoms with Crippen molar-refractivity contribution in [2.24, 2.45) is 0 Å². The minimum atomic E-state index is -4.53. The summed E-state index contributed by atoms with van der Waals surface area (Å²) in [6.07, 6.45) is -3.39. The maximum atomic E-state index is 13.3. The predicted octanol–water partition coefficient (Wildman–Crippen LogP) is 4.93. The lowest BCUT2D eigenvalue weighted by Crippen LogP contribution is -2.35. The number of nitrogens with zero attached hydrogens (tertiary/aromatic N) is 1. The van der Waals surface area contributed by atoms with E-state index in [1.807, 2.05) is 0 Å². The van der Waals surface area contributed by atoms with E-state index in [9.17, 15) is 34.4 Å². The van der Waals surface area contributed by atoms with Crippen LogP contribution in [0.15, 0.2) is 71.6 Å². The van der Waals surface area contributed by atoms with Crippen LogP contribution < -0.4 is 9.03 Å². The fraction of sp³-hybridized carbons (Fsp3) is 0.217. The van der Waals surface area contributed by atoms with Crippen molar-refractivity contribution in [3.05, 3.63) is 89.2 Å². The van der Waals surface area contributed by atoms with Gasteiger partial charge in [0.05, 0.1) is 27.6 Å². The van der Waals surface area contributed by atoms with E-state index in [1.54, 1.807) is 6.07 Å². The zero-order valence-electron chi connectivity index (χ0n) is 18.1. The summed E-state index contributed by atoms with van der Waals surface area (Å²) in [6, 6.07) is 12.7. The van der Waals surface area contributed by atoms with Crippen molar-refractivity contribution in [3.8, 4) is 0 Å². The zero-order chi connectivity index (χ0) is 25.4. The monoisotopic (exact) mass is 528 g/mol. The first-order chi connectivity index (χ1) is 16.3. The Kier molecular flexibility index (Phi) is 6.54. The Bertz CT molecular complexity index is 1440. The second kappa shape index (κ2) is 9.15. The quantitative estimate of drug-likeness (QED) is 0.460. The van der Waals surface area contributed by atoms with E-state index in [2.05, 4.69) is 4.72 Å². The highest BCUT2D eigenvalue weighted by atomic mass is 32.2. The first-order valence-corrected chi connectivity index (χ1v) is 13.5. The lowest BCUT2D eigenvalue weighted by Gasteiger charge is -2.31. The van der Waals surface area contributed by atoms with E-state index >= 15 is 0 Å². The van der Waals surface area contributed by atoms with Crippen LogP contribution in [0.2, 0.25) is 0 Å². The number of rotatable bonds is 6. The molecule has 0 fully saturated rings. The molecule has 3 aromatic rings. The first kappa shape index (κ1) is 25.0. The predicted molar refractivity (Wildman–Crippen MR) is 123 cm³/mol. The molecule has 0 unspecified atom stereocenters. The van der Waals surface area contributed by atoms with Crippen molar-refractivity contribution in [1.82, 2.24) is 0 Å². The highest BCUT2D eigenvalue weighted by Crippen LogP contribution is 2.35. The van der Waals surface area contributed by atoms with Crippen LogP contribution in [-0.2, 0) is 38.4 Å². The largest absolute Gasteiger partial charge is 0.416 e. The van der Waals surface area contributed by atoms with Crippen LogP contribution >= 0.6 is 0 Å². The average molecular weight is 529 g/mol. The third-order valence-electron chi connectivity index (χ3n) is 5.47. The van der Waals surface area contributed by atoms with Gasteiger partial charge in [0.25, 0.3) is 10.0 Å². The van der Waals surface area contributed by atoms with Gasteiger partial charge in [0, 0.05) is 6.54 Å². The van der Waals surface area contributed by atoms with Gasteiger partial charge in [-0.1, -0.05) is 18.2 Å². The van der Waals surface area contributed by atoms with Gasteiger partial charge in [-0.25, -0.2) is 21.2 Å². The summed E-state index contributed by atoms with van der Waals surface area (Å²) in [6.45, 7) is 0.161. The molecule has 4 rings (SSSR count). The van der Waals surface area contributed by atoms with Crippen LogP contribution in [0.5, 0.6) is 0 Å². The third kappa shape index (κ3) is 5.59. The van der Waals surface area contributed by atoms with Gasteiger partial charge in [-0.15, -0.1) is 0 Å². The van der Waals surface area contributed by atoms with Gasteiger partial charge in [0.2, 0.25) is 10.0 Å². The molecular formula is C23H20F4N2O4S2. The molecule has 0 atom stereocenters. The highest BCUT2D eigenvalue weighted by molar-refractivity contribution is 7.93. The normalized spacial score (nSPS) is 14.5. The Hall–Kier alpha value is -3.12. The Balaban J connectivity index is 1.58. The number of fused-ring (bicyclic) bond motifs is 1. The van der Waals surface area contributed by atoms with Crippen molar-refractivity contribution in [1.29, 1.82) is 0 Å². The highest BCUT2D eigenvalue weighted by Gasteiger charge is 2.31. The molecule has 3 aromatic carbocycles. The molecule has 0 aromatic heterocycles. The molecular weight excluding hydrogens is 508 g/mol. The smallest absolute Gasteiger partial charge is 0.283 e. The van der Waals surface area contributed by atoms with Gasteiger partial charge < -0.3 is 0 Å². The van der Waals surface area contributed by atoms with Crippen molar-refractivity contribution >= 4 is 31.4 Å². The van der Waals surface area contributed by atoms with E-state index in [0.717, 1.165) is 52.8 Å². The number of benzene rings is 3. The molecule has 0 saturated carbocycles. The maximum absolute atomic E-state index is 13.3. The number of hydrogen-bond acceptors (Lipinski definition) is 4. The van der Waals surface area contributed by atoms with Crippen LogP contribution in [0.4, 0.5) is 28.9 Å². The van der Waals surface area contributed by atoms with E-state index in [1.165, 1.54) is 12.1 Å². The summed E-state index contributed by atoms with van der Waals surface area (Å²) < 4.78 is 107. The fourth-order valence-corrected chi connectivity index (χ4v) is 6.54. The van der Waals surface area contributed by atoms with Crippen LogP contribution in [0.3, 0.4) is 0 Å². The van der Waals surface area contributed by atoms with E-state index < -0.39 is 43.4 Å². The van der Waals surface area contributed by atoms with E-state index in [0.29, 0.717) is 24.1 Å². The van der Waals surface area contributed by atoms with Gasteiger partial charge in [-0.05, 0) is 72.5 Å². The molecule has 186 valence electrons. The molecule has 0 amide bonds. The van der Waals surface area contributed by atoms with Gasteiger partial charge in [0.1, 0.15) is 5.82 Å². The van der Waals surface area contributed by atoms with Crippen LogP contribution in [0, 0.1) is 5.82 Å². The standard InChI is InChI=1S/C23H20F4N2O4S2/c24-19-8-11-21(12-9-19)35(32,33)29-13-1-2-17-5-10-20(14-22(17)29)28-34(30,31)15-16-3-6-18(7-4-16)23(25,26)27/h3-12,14,28H,1-2,13,15H2. The van der Waals surface area contributed by atoms with Crippen molar-refractivity contribution in [2.45, 2.75) is 29.7 Å². The molecule has 6 nitrogen and oxygen atoms in total. The molecule has 0 aliphatic carbocycles. The molecule has 1 aliphatic heterocycles. The summed E-state index contributed by atoms with van der Waals surface area (Å²) in [7, 11) is -8.03. The van der Waals surface area contributed by atoms with Crippen LogP contribution in [0.1, 0.15) is 23.1 Å². The molecule has 0 radical (unpaired) electrons. The fourth-order valence-electron chi connectivity index (χ4n) is 3.81. The van der Waals surface area contributed by atoms with Gasteiger partial charge in [-0.3, -0.25) is 9.03 Å².